The maximum Gasteiger partial charge on any atom is 0.341 e. The highest BCUT2D eigenvalue weighted by Crippen LogP contribution is 2.25. The van der Waals surface area contributed by atoms with Gasteiger partial charge in [-0.05, 0) is 36.2 Å². The number of aromatic carboxylic acids is 1. The summed E-state index contributed by atoms with van der Waals surface area (Å²) in [7, 11) is 0. The molecule has 0 saturated carbocycles. The highest BCUT2D eigenvalue weighted by molar-refractivity contribution is 6.29. The molecular weight excluding hydrogens is 278 g/mol. The minimum absolute atomic E-state index is 0.00626. The number of carboxylic acid groups (broad SMARTS) is 1. The molecule has 0 unspecified atom stereocenters. The molecule has 1 N–H and O–H groups in total. The Hall–Kier alpha value is -2.07. The molecule has 2 aromatic rings. The van der Waals surface area contributed by atoms with E-state index in [0.29, 0.717) is 5.75 Å². The van der Waals surface area contributed by atoms with Crippen LogP contribution in [0.25, 0.3) is 0 Å². The van der Waals surface area contributed by atoms with Gasteiger partial charge in [-0.3, -0.25) is 0 Å². The largest absolute Gasteiger partial charge is 0.477 e. The summed E-state index contributed by atoms with van der Waals surface area (Å²) < 4.78 is 5.51. The maximum absolute atomic E-state index is 11.1. The van der Waals surface area contributed by atoms with Crippen molar-refractivity contribution in [2.75, 3.05) is 0 Å². The Morgan fingerprint density at radius 1 is 1.25 bits per heavy atom. The Morgan fingerprint density at radius 3 is 2.55 bits per heavy atom. The molecule has 0 amide bonds. The summed E-state index contributed by atoms with van der Waals surface area (Å²) in [6, 6.07) is 10.3. The van der Waals surface area contributed by atoms with Crippen molar-refractivity contribution in [1.29, 1.82) is 0 Å². The minimum Gasteiger partial charge on any atom is -0.477 e. The number of benzene rings is 1. The van der Waals surface area contributed by atoms with Crippen molar-refractivity contribution in [2.45, 2.75) is 19.8 Å². The van der Waals surface area contributed by atoms with Gasteiger partial charge >= 0.3 is 5.97 Å². The molecule has 2 rings (SSSR count). The van der Waals surface area contributed by atoms with Crippen LogP contribution >= 0.6 is 11.6 Å². The third kappa shape index (κ3) is 3.48. The Bertz CT molecular complexity index is 611. The van der Waals surface area contributed by atoms with Gasteiger partial charge in [-0.1, -0.05) is 37.1 Å². The second-order valence-corrected chi connectivity index (χ2v) is 4.68. The second kappa shape index (κ2) is 6.39. The quantitative estimate of drug-likeness (QED) is 0.840. The second-order valence-electron chi connectivity index (χ2n) is 4.29. The van der Waals surface area contributed by atoms with Crippen LogP contribution in [0.4, 0.5) is 0 Å². The molecule has 0 bridgehead atoms. The summed E-state index contributed by atoms with van der Waals surface area (Å²) in [4.78, 5) is 15.0. The predicted molar refractivity (Wildman–Crippen MR) is 76.7 cm³/mol. The lowest BCUT2D eigenvalue weighted by molar-refractivity contribution is 0.0693. The van der Waals surface area contributed by atoms with E-state index in [2.05, 4.69) is 11.9 Å². The zero-order valence-electron chi connectivity index (χ0n) is 11.0. The summed E-state index contributed by atoms with van der Waals surface area (Å²) in [6.45, 7) is 2.11. The van der Waals surface area contributed by atoms with E-state index in [-0.39, 0.29) is 16.6 Å². The first-order valence-corrected chi connectivity index (χ1v) is 6.64. The molecule has 1 aromatic heterocycles. The molecule has 104 valence electrons. The van der Waals surface area contributed by atoms with Crippen LogP contribution in [0.2, 0.25) is 5.15 Å². The topological polar surface area (TPSA) is 59.4 Å². The van der Waals surface area contributed by atoms with Crippen LogP contribution < -0.4 is 4.74 Å². The first kappa shape index (κ1) is 14.3. The molecule has 0 radical (unpaired) electrons. The van der Waals surface area contributed by atoms with E-state index in [1.54, 1.807) is 12.1 Å². The van der Waals surface area contributed by atoms with Crippen LogP contribution in [0.5, 0.6) is 11.6 Å². The summed E-state index contributed by atoms with van der Waals surface area (Å²) in [5.74, 6) is -0.581. The van der Waals surface area contributed by atoms with Crippen molar-refractivity contribution in [3.05, 3.63) is 52.7 Å². The van der Waals surface area contributed by atoms with Gasteiger partial charge in [-0.2, -0.15) is 0 Å². The third-order valence-corrected chi connectivity index (χ3v) is 2.94. The van der Waals surface area contributed by atoms with Gasteiger partial charge in [0, 0.05) is 0 Å². The summed E-state index contributed by atoms with van der Waals surface area (Å²) >= 11 is 5.77. The Balaban J connectivity index is 2.25. The molecule has 20 heavy (non-hydrogen) atoms. The lowest BCUT2D eigenvalue weighted by Crippen LogP contribution is -2.02. The van der Waals surface area contributed by atoms with Crippen molar-refractivity contribution in [1.82, 2.24) is 4.98 Å². The number of hydrogen-bond acceptors (Lipinski definition) is 3. The van der Waals surface area contributed by atoms with Crippen molar-refractivity contribution < 1.29 is 14.6 Å². The van der Waals surface area contributed by atoms with E-state index in [4.69, 9.17) is 21.4 Å². The SMILES string of the molecule is CCCc1ccc(Oc2nc(Cl)ccc2C(=O)O)cc1. The average molecular weight is 292 g/mol. The van der Waals surface area contributed by atoms with E-state index in [0.717, 1.165) is 12.8 Å². The molecule has 5 heteroatoms. The Labute approximate surface area is 122 Å². The van der Waals surface area contributed by atoms with Crippen LogP contribution in [0.3, 0.4) is 0 Å². The number of carboxylic acids is 1. The van der Waals surface area contributed by atoms with Crippen molar-refractivity contribution >= 4 is 17.6 Å². The van der Waals surface area contributed by atoms with Gasteiger partial charge in [0.2, 0.25) is 5.88 Å². The summed E-state index contributed by atoms with van der Waals surface area (Å²) in [5, 5.41) is 9.27. The Kier molecular flexibility index (Phi) is 4.58. The highest BCUT2D eigenvalue weighted by atomic mass is 35.5. The first-order valence-electron chi connectivity index (χ1n) is 6.26. The fraction of sp³-hybridized carbons (Fsp3) is 0.200. The predicted octanol–water partition coefficient (Wildman–Crippen LogP) is 4.18. The van der Waals surface area contributed by atoms with E-state index in [1.807, 2.05) is 12.1 Å². The molecule has 0 aliphatic rings. The van der Waals surface area contributed by atoms with Crippen LogP contribution in [-0.2, 0) is 6.42 Å². The first-order chi connectivity index (χ1) is 9.60. The van der Waals surface area contributed by atoms with Gasteiger partial charge < -0.3 is 9.84 Å². The van der Waals surface area contributed by atoms with Crippen molar-refractivity contribution in [3.8, 4) is 11.6 Å². The molecule has 0 saturated heterocycles. The summed E-state index contributed by atoms with van der Waals surface area (Å²) in [6.07, 6.45) is 2.06. The van der Waals surface area contributed by atoms with Crippen LogP contribution in [-0.4, -0.2) is 16.1 Å². The molecule has 1 aromatic carbocycles. The number of aryl methyl sites for hydroxylation is 1. The number of pyridine rings is 1. The van der Waals surface area contributed by atoms with Gasteiger partial charge in [0.15, 0.2) is 0 Å². The minimum atomic E-state index is -1.10. The third-order valence-electron chi connectivity index (χ3n) is 2.73. The van der Waals surface area contributed by atoms with Gasteiger partial charge in [0.05, 0.1) is 0 Å². The normalized spacial score (nSPS) is 10.3. The Morgan fingerprint density at radius 2 is 1.95 bits per heavy atom. The molecule has 0 aliphatic carbocycles. The highest BCUT2D eigenvalue weighted by Gasteiger charge is 2.14. The molecule has 1 heterocycles. The lowest BCUT2D eigenvalue weighted by atomic mass is 10.1. The monoisotopic (exact) mass is 291 g/mol. The average Bonchev–Trinajstić information content (AvgIpc) is 2.41. The number of hydrogen-bond donors (Lipinski definition) is 1. The molecule has 4 nitrogen and oxygen atoms in total. The number of nitrogens with zero attached hydrogens (tertiary/aromatic N) is 1. The van der Waals surface area contributed by atoms with E-state index in [1.165, 1.54) is 17.7 Å². The zero-order chi connectivity index (χ0) is 14.5. The molecule has 0 aliphatic heterocycles. The van der Waals surface area contributed by atoms with Crippen LogP contribution in [0, 0.1) is 0 Å². The molecular formula is C15H14ClNO3. The van der Waals surface area contributed by atoms with Gasteiger partial charge in [-0.15, -0.1) is 0 Å². The van der Waals surface area contributed by atoms with Crippen LogP contribution in [0.15, 0.2) is 36.4 Å². The van der Waals surface area contributed by atoms with E-state index < -0.39 is 5.97 Å². The van der Waals surface area contributed by atoms with Gasteiger partial charge in [0.25, 0.3) is 0 Å². The van der Waals surface area contributed by atoms with E-state index in [9.17, 15) is 4.79 Å². The maximum atomic E-state index is 11.1. The van der Waals surface area contributed by atoms with Crippen LogP contribution in [0.1, 0.15) is 29.3 Å². The number of ether oxygens (including phenoxy) is 1. The molecule has 0 atom stereocenters. The van der Waals surface area contributed by atoms with Crippen molar-refractivity contribution in [2.24, 2.45) is 0 Å². The molecule has 0 spiro atoms. The smallest absolute Gasteiger partial charge is 0.341 e. The number of carbonyl (C=O) groups is 1. The zero-order valence-corrected chi connectivity index (χ0v) is 11.7. The van der Waals surface area contributed by atoms with E-state index >= 15 is 0 Å². The lowest BCUT2D eigenvalue weighted by Gasteiger charge is -2.08. The summed E-state index contributed by atoms with van der Waals surface area (Å²) in [5.41, 5.74) is 1.18. The van der Waals surface area contributed by atoms with Gasteiger partial charge in [-0.25, -0.2) is 9.78 Å². The fourth-order valence-corrected chi connectivity index (χ4v) is 1.92. The van der Waals surface area contributed by atoms with Gasteiger partial charge in [0.1, 0.15) is 16.5 Å². The fourth-order valence-electron chi connectivity index (χ4n) is 1.78. The molecule has 0 fully saturated rings. The number of aromatic nitrogens is 1. The number of rotatable bonds is 5. The van der Waals surface area contributed by atoms with Crippen molar-refractivity contribution in [3.63, 3.8) is 0 Å². The standard InChI is InChI=1S/C15H14ClNO3/c1-2-3-10-4-6-11(7-5-10)20-14-12(15(18)19)8-9-13(16)17-14/h4-9H,2-3H2,1H3,(H,18,19). The number of halogens is 1.